The first-order chi connectivity index (χ1) is 21.2. The summed E-state index contributed by atoms with van der Waals surface area (Å²) in [4.78, 5) is 39.2. The molecule has 44 heavy (non-hydrogen) atoms. The minimum atomic E-state index is -0.351. The van der Waals surface area contributed by atoms with Gasteiger partial charge in [-0.05, 0) is 86.1 Å². The van der Waals surface area contributed by atoms with E-state index in [9.17, 15) is 9.59 Å². The van der Waals surface area contributed by atoms with Gasteiger partial charge >= 0.3 is 6.03 Å². The third-order valence-electron chi connectivity index (χ3n) is 10.5. The van der Waals surface area contributed by atoms with Gasteiger partial charge in [0.1, 0.15) is 0 Å². The van der Waals surface area contributed by atoms with E-state index in [0.717, 1.165) is 81.6 Å². The number of piperazine rings is 1. The summed E-state index contributed by atoms with van der Waals surface area (Å²) >= 11 is 9.98. The Balaban J connectivity index is 1.22. The minimum Gasteiger partial charge on any atom is -0.351 e. The first-order valence-corrected chi connectivity index (χ1v) is 18.0. The number of rotatable bonds is 7. The van der Waals surface area contributed by atoms with Crippen molar-refractivity contribution in [2.24, 2.45) is 22.6 Å². The number of alkyl halides is 1. The van der Waals surface area contributed by atoms with Crippen molar-refractivity contribution >= 4 is 45.7 Å². The van der Waals surface area contributed by atoms with Crippen molar-refractivity contribution in [2.75, 3.05) is 51.1 Å². The number of urea groups is 1. The smallest absolute Gasteiger partial charge is 0.314 e. The second kappa shape index (κ2) is 15.1. The monoisotopic (exact) mass is 688 g/mol. The number of benzene rings is 1. The van der Waals surface area contributed by atoms with E-state index in [1.54, 1.807) is 4.90 Å². The molecule has 3 heterocycles. The van der Waals surface area contributed by atoms with Crippen LogP contribution in [0.1, 0.15) is 76.5 Å². The lowest BCUT2D eigenvalue weighted by molar-refractivity contribution is -0.139. The van der Waals surface area contributed by atoms with E-state index in [4.69, 9.17) is 22.3 Å². The number of hydrogen-bond acceptors (Lipinski definition) is 5. The van der Waals surface area contributed by atoms with Crippen LogP contribution in [0.15, 0.2) is 34.5 Å². The quantitative estimate of drug-likeness (QED) is 0.286. The molecule has 2 atom stereocenters. The lowest BCUT2D eigenvalue weighted by Crippen LogP contribution is -2.60. The Labute approximate surface area is 277 Å². The molecule has 3 amide bonds. The van der Waals surface area contributed by atoms with Crippen molar-refractivity contribution in [3.8, 4) is 0 Å². The highest BCUT2D eigenvalue weighted by Gasteiger charge is 2.39. The molecule has 3 saturated heterocycles. The fourth-order valence-corrected chi connectivity index (χ4v) is 8.19. The van der Waals surface area contributed by atoms with Crippen molar-refractivity contribution in [1.29, 1.82) is 0 Å². The molecule has 4 aliphatic rings. The van der Waals surface area contributed by atoms with E-state index in [2.05, 4.69) is 63.5 Å². The van der Waals surface area contributed by atoms with Crippen molar-refractivity contribution in [3.63, 3.8) is 0 Å². The first-order valence-electron chi connectivity index (χ1n) is 16.5. The van der Waals surface area contributed by atoms with Crippen LogP contribution in [0.4, 0.5) is 4.79 Å². The van der Waals surface area contributed by atoms with Crippen molar-refractivity contribution in [1.82, 2.24) is 19.6 Å². The van der Waals surface area contributed by atoms with Crippen molar-refractivity contribution < 1.29 is 9.59 Å². The van der Waals surface area contributed by atoms with Crippen LogP contribution in [0.2, 0.25) is 5.02 Å². The summed E-state index contributed by atoms with van der Waals surface area (Å²) in [6.45, 7) is 12.8. The number of fused-ring (bicyclic) bond motifs is 1. The number of carbonyl (C=O) groups is 2. The maximum atomic E-state index is 13.5. The molecular formula is C34H50BrClN6O2. The average Bonchev–Trinajstić information content (AvgIpc) is 3.15. The zero-order valence-electron chi connectivity index (χ0n) is 26.7. The molecule has 5 rings (SSSR count). The van der Waals surface area contributed by atoms with Gasteiger partial charge in [0.05, 0.1) is 11.7 Å². The fraction of sp³-hybridized carbons (Fsp3) is 0.676. The number of aliphatic imine (C=N–C) groups is 1. The maximum absolute atomic E-state index is 13.5. The Kier molecular flexibility index (Phi) is 11.5. The van der Waals surface area contributed by atoms with Crippen LogP contribution < -0.4 is 5.73 Å². The minimum absolute atomic E-state index is 0.147. The molecule has 2 unspecified atom stereocenters. The van der Waals surface area contributed by atoms with Crippen molar-refractivity contribution in [2.45, 2.75) is 83.8 Å². The van der Waals surface area contributed by atoms with E-state index in [1.807, 2.05) is 12.3 Å². The molecule has 242 valence electrons. The first kappa shape index (κ1) is 33.4. The van der Waals surface area contributed by atoms with Gasteiger partial charge in [-0.25, -0.2) is 4.79 Å². The molecule has 0 aromatic heterocycles. The summed E-state index contributed by atoms with van der Waals surface area (Å²) in [7, 11) is 0. The Morgan fingerprint density at radius 3 is 2.43 bits per heavy atom. The summed E-state index contributed by atoms with van der Waals surface area (Å²) in [5.74, 6) is 1.01. The molecule has 1 aromatic rings. The number of hydrogen-bond donors (Lipinski definition) is 1. The van der Waals surface area contributed by atoms with Crippen LogP contribution in [-0.2, 0) is 11.2 Å². The number of carbonyl (C=O) groups excluding carboxylic acids is 2. The highest BCUT2D eigenvalue weighted by Crippen LogP contribution is 2.40. The highest BCUT2D eigenvalue weighted by molar-refractivity contribution is 9.09. The largest absolute Gasteiger partial charge is 0.351 e. The summed E-state index contributed by atoms with van der Waals surface area (Å²) in [5, 5.41) is 1.55. The molecule has 10 heteroatoms. The number of piperidine rings is 2. The molecule has 0 saturated carbocycles. The molecule has 3 aliphatic heterocycles. The second-order valence-corrected chi connectivity index (χ2v) is 14.6. The van der Waals surface area contributed by atoms with E-state index in [0.29, 0.717) is 37.4 Å². The molecule has 0 radical (unpaired) electrons. The van der Waals surface area contributed by atoms with E-state index in [1.165, 1.54) is 22.4 Å². The van der Waals surface area contributed by atoms with Crippen molar-refractivity contribution in [3.05, 3.63) is 45.6 Å². The fourth-order valence-electron chi connectivity index (χ4n) is 7.85. The van der Waals surface area contributed by atoms with Crippen LogP contribution >= 0.6 is 27.5 Å². The molecule has 3 fully saturated rings. The molecule has 1 aliphatic carbocycles. The summed E-state index contributed by atoms with van der Waals surface area (Å²) in [6.07, 6.45) is 8.50. The number of nitrogens with zero attached hydrogens (tertiary/aromatic N) is 5. The normalized spacial score (nSPS) is 25.1. The molecule has 1 aromatic carbocycles. The standard InChI is InChI=1S/C34H50BrClN6O2/c1-23(2)30-22-41(18-19-42(30)31(43)20-25-8-14-40(15-9-25)34(37)44)28-10-16-39(17-11-28)33-29-7-6-27(36)21-26(29)5-4-24(3)32(33)38-13-12-35/h6-7,13,21,23,25,28,30,33H,4-5,8-12,14-20,22H2,1-3H3,(H2,37,44). The van der Waals surface area contributed by atoms with Crippen LogP contribution in [0.25, 0.3) is 0 Å². The van der Waals surface area contributed by atoms with Gasteiger partial charge in [0.25, 0.3) is 0 Å². The second-order valence-electron chi connectivity index (χ2n) is 13.5. The molecule has 0 spiro atoms. The SMILES string of the molecule is CC1=C(N=CCBr)C(N2CCC(N3CCN(C(=O)CC4CCN(C(N)=O)CC4)C(C(C)C)C3)CC2)c2ccc(Cl)cc2CC1. The number of halogens is 2. The number of allylic oxidation sites excluding steroid dienone is 1. The van der Waals surface area contributed by atoms with Gasteiger partial charge < -0.3 is 15.5 Å². The number of amides is 3. The third kappa shape index (κ3) is 7.71. The Bertz CT molecular complexity index is 1240. The van der Waals surface area contributed by atoms with E-state index < -0.39 is 0 Å². The lowest BCUT2D eigenvalue weighted by atomic mass is 9.90. The van der Waals surface area contributed by atoms with Crippen LogP contribution in [0.5, 0.6) is 0 Å². The number of primary amides is 1. The third-order valence-corrected chi connectivity index (χ3v) is 11.0. The van der Waals surface area contributed by atoms with Gasteiger partial charge in [-0.3, -0.25) is 19.6 Å². The number of nitrogens with two attached hydrogens (primary N) is 1. The summed E-state index contributed by atoms with van der Waals surface area (Å²) < 4.78 is 0. The van der Waals surface area contributed by atoms with Gasteiger partial charge in [0.15, 0.2) is 0 Å². The number of likely N-dealkylation sites (tertiary alicyclic amines) is 2. The predicted molar refractivity (Wildman–Crippen MR) is 183 cm³/mol. The zero-order chi connectivity index (χ0) is 31.4. The van der Waals surface area contributed by atoms with Crippen LogP contribution in [0, 0.1) is 11.8 Å². The molecule has 2 N–H and O–H groups in total. The zero-order valence-corrected chi connectivity index (χ0v) is 29.0. The predicted octanol–water partition coefficient (Wildman–Crippen LogP) is 5.88. The Morgan fingerprint density at radius 2 is 1.77 bits per heavy atom. The van der Waals surface area contributed by atoms with Gasteiger partial charge in [-0.15, -0.1) is 0 Å². The number of aryl methyl sites for hydroxylation is 1. The Hall–Kier alpha value is -1.94. The van der Waals surface area contributed by atoms with Gasteiger partial charge in [-0.2, -0.15) is 0 Å². The average molecular weight is 690 g/mol. The van der Waals surface area contributed by atoms with Gasteiger partial charge in [0, 0.05) is 80.9 Å². The van der Waals surface area contributed by atoms with Crippen LogP contribution in [0.3, 0.4) is 0 Å². The Morgan fingerprint density at radius 1 is 1.05 bits per heavy atom. The van der Waals surface area contributed by atoms with Gasteiger partial charge in [-0.1, -0.05) is 47.4 Å². The molecule has 8 nitrogen and oxygen atoms in total. The highest BCUT2D eigenvalue weighted by atomic mass is 79.9. The van der Waals surface area contributed by atoms with Gasteiger partial charge in [0.2, 0.25) is 5.91 Å². The van der Waals surface area contributed by atoms with E-state index >= 15 is 0 Å². The topological polar surface area (TPSA) is 85.5 Å². The molecular weight excluding hydrogens is 640 g/mol. The molecule has 0 bridgehead atoms. The summed E-state index contributed by atoms with van der Waals surface area (Å²) in [5.41, 5.74) is 10.7. The maximum Gasteiger partial charge on any atom is 0.314 e. The van der Waals surface area contributed by atoms with Crippen LogP contribution in [-0.4, -0.2) is 101 Å². The summed E-state index contributed by atoms with van der Waals surface area (Å²) in [6, 6.07) is 6.96. The lowest BCUT2D eigenvalue weighted by Gasteiger charge is -2.49. The van der Waals surface area contributed by atoms with E-state index in [-0.39, 0.29) is 24.0 Å².